The van der Waals surface area contributed by atoms with Gasteiger partial charge in [0.05, 0.1) is 0 Å². The molecule has 5 nitrogen and oxygen atoms in total. The smallest absolute Gasteiger partial charge is 0.332 e. The summed E-state index contributed by atoms with van der Waals surface area (Å²) >= 11 is 0. The first kappa shape index (κ1) is 13.1. The van der Waals surface area contributed by atoms with E-state index in [-0.39, 0.29) is 19.0 Å². The van der Waals surface area contributed by atoms with Crippen LogP contribution in [0.15, 0.2) is 6.20 Å². The highest BCUT2D eigenvalue weighted by molar-refractivity contribution is 7.83. The number of fused-ring (bicyclic) bond motifs is 1. The van der Waals surface area contributed by atoms with Gasteiger partial charge in [0, 0.05) is 37.4 Å². The molecule has 0 N–H and O–H groups in total. The lowest BCUT2D eigenvalue weighted by molar-refractivity contribution is 0.295. The van der Waals surface area contributed by atoms with Crippen molar-refractivity contribution < 1.29 is 12.3 Å². The molecule has 1 aromatic heterocycles. The van der Waals surface area contributed by atoms with E-state index in [0.717, 1.165) is 23.1 Å². The van der Waals surface area contributed by atoms with E-state index in [1.807, 2.05) is 6.20 Å². The van der Waals surface area contributed by atoms with E-state index in [1.54, 1.807) is 0 Å². The van der Waals surface area contributed by atoms with Gasteiger partial charge >= 0.3 is 10.4 Å². The Morgan fingerprint density at radius 3 is 2.63 bits per heavy atom. The highest BCUT2D eigenvalue weighted by Crippen LogP contribution is 2.30. The second-order valence-electron chi connectivity index (χ2n) is 5.33. The van der Waals surface area contributed by atoms with Gasteiger partial charge in [-0.2, -0.15) is 12.7 Å². The molecule has 0 atom stereocenters. The van der Waals surface area contributed by atoms with Gasteiger partial charge in [0.15, 0.2) is 0 Å². The minimum Gasteiger partial charge on any atom is -0.332 e. The summed E-state index contributed by atoms with van der Waals surface area (Å²) in [5.74, 6) is 1.32. The lowest BCUT2D eigenvalue weighted by Crippen LogP contribution is -2.36. The molecule has 1 aromatic rings. The number of imidazole rings is 1. The molecule has 0 spiro atoms. The van der Waals surface area contributed by atoms with Crippen molar-refractivity contribution in [1.82, 2.24) is 13.9 Å². The highest BCUT2D eigenvalue weighted by atomic mass is 32.3. The predicted molar refractivity (Wildman–Crippen MR) is 68.7 cm³/mol. The number of aromatic nitrogens is 2. The zero-order valence-corrected chi connectivity index (χ0v) is 11.6. The van der Waals surface area contributed by atoms with Crippen LogP contribution in [0.4, 0.5) is 3.89 Å². The van der Waals surface area contributed by atoms with Gasteiger partial charge in [0.1, 0.15) is 5.82 Å². The van der Waals surface area contributed by atoms with Gasteiger partial charge in [-0.1, -0.05) is 3.89 Å². The molecule has 3 rings (SSSR count). The summed E-state index contributed by atoms with van der Waals surface area (Å²) in [7, 11) is -4.53. The van der Waals surface area contributed by atoms with E-state index in [1.165, 1.54) is 18.5 Å². The van der Waals surface area contributed by atoms with Gasteiger partial charge in [-0.25, -0.2) is 4.98 Å². The molecule has 2 aliphatic heterocycles. The molecule has 1 fully saturated rings. The summed E-state index contributed by atoms with van der Waals surface area (Å²) in [6, 6.07) is 0. The lowest BCUT2D eigenvalue weighted by atomic mass is 9.97. The summed E-state index contributed by atoms with van der Waals surface area (Å²) < 4.78 is 37.8. The molecule has 0 aromatic carbocycles. The monoisotopic (exact) mass is 287 g/mol. The summed E-state index contributed by atoms with van der Waals surface area (Å²) in [4.78, 5) is 4.51. The van der Waals surface area contributed by atoms with Crippen LogP contribution in [0.3, 0.4) is 0 Å². The van der Waals surface area contributed by atoms with Crippen LogP contribution in [-0.4, -0.2) is 35.4 Å². The fraction of sp³-hybridized carbons (Fsp3) is 0.750. The standard InChI is InChI=1S/C12H18FN3O2S/c13-19(17,18)15-7-4-10(5-8-15)12-14-9-11-3-1-2-6-16(11)12/h9-10H,1-8H2. The second-order valence-corrected chi connectivity index (χ2v) is 6.67. The maximum Gasteiger partial charge on any atom is 0.374 e. The van der Waals surface area contributed by atoms with Crippen molar-refractivity contribution >= 4 is 10.4 Å². The van der Waals surface area contributed by atoms with E-state index >= 15 is 0 Å². The van der Waals surface area contributed by atoms with Crippen LogP contribution in [0.2, 0.25) is 0 Å². The number of hydrogen-bond donors (Lipinski definition) is 0. The Bertz CT molecular complexity index is 562. The van der Waals surface area contributed by atoms with E-state index in [0.29, 0.717) is 12.8 Å². The SMILES string of the molecule is O=S(=O)(F)N1CCC(c2ncc3n2CCCC3)CC1. The molecule has 3 heterocycles. The second kappa shape index (κ2) is 4.86. The first-order valence-electron chi connectivity index (χ1n) is 6.80. The maximum absolute atomic E-state index is 12.9. The molecular formula is C12H18FN3O2S. The van der Waals surface area contributed by atoms with E-state index in [9.17, 15) is 12.3 Å². The molecule has 0 bridgehead atoms. The number of piperidine rings is 1. The first-order valence-corrected chi connectivity index (χ1v) is 8.14. The van der Waals surface area contributed by atoms with Crippen LogP contribution in [0.5, 0.6) is 0 Å². The van der Waals surface area contributed by atoms with Crippen LogP contribution in [0.25, 0.3) is 0 Å². The van der Waals surface area contributed by atoms with Crippen molar-refractivity contribution in [3.8, 4) is 0 Å². The summed E-state index contributed by atoms with van der Waals surface area (Å²) in [5, 5.41) is 0. The van der Waals surface area contributed by atoms with Gasteiger partial charge < -0.3 is 4.57 Å². The third-order valence-electron chi connectivity index (χ3n) is 4.16. The normalized spacial score (nSPS) is 22.4. The molecule has 0 aliphatic carbocycles. The van der Waals surface area contributed by atoms with Gasteiger partial charge in [-0.3, -0.25) is 0 Å². The average molecular weight is 287 g/mol. The Hall–Kier alpha value is -0.950. The van der Waals surface area contributed by atoms with Crippen LogP contribution >= 0.6 is 0 Å². The van der Waals surface area contributed by atoms with Crippen molar-refractivity contribution in [3.05, 3.63) is 17.7 Å². The molecule has 19 heavy (non-hydrogen) atoms. The van der Waals surface area contributed by atoms with Crippen LogP contribution < -0.4 is 0 Å². The zero-order valence-electron chi connectivity index (χ0n) is 10.8. The van der Waals surface area contributed by atoms with E-state index < -0.39 is 10.4 Å². The van der Waals surface area contributed by atoms with Crippen LogP contribution in [0.1, 0.15) is 43.1 Å². The Morgan fingerprint density at radius 2 is 1.95 bits per heavy atom. The number of nitrogens with zero attached hydrogens (tertiary/aromatic N) is 3. The van der Waals surface area contributed by atoms with Gasteiger partial charge in [-0.05, 0) is 32.1 Å². The van der Waals surface area contributed by atoms with Crippen LogP contribution in [-0.2, 0) is 23.4 Å². The van der Waals surface area contributed by atoms with Crippen LogP contribution in [0, 0.1) is 0 Å². The Balaban J connectivity index is 1.74. The topological polar surface area (TPSA) is 55.2 Å². The largest absolute Gasteiger partial charge is 0.374 e. The quantitative estimate of drug-likeness (QED) is 0.777. The molecule has 2 aliphatic rings. The van der Waals surface area contributed by atoms with Crippen molar-refractivity contribution in [1.29, 1.82) is 0 Å². The number of rotatable bonds is 2. The third kappa shape index (κ3) is 2.53. The summed E-state index contributed by atoms with van der Waals surface area (Å²) in [5.41, 5.74) is 1.28. The third-order valence-corrected chi connectivity index (χ3v) is 5.14. The van der Waals surface area contributed by atoms with Crippen molar-refractivity contribution in [3.63, 3.8) is 0 Å². The minimum absolute atomic E-state index is 0.254. The molecule has 7 heteroatoms. The van der Waals surface area contributed by atoms with Crippen molar-refractivity contribution in [2.24, 2.45) is 0 Å². The average Bonchev–Trinajstić information content (AvgIpc) is 2.82. The van der Waals surface area contributed by atoms with Crippen molar-refractivity contribution in [2.45, 2.75) is 44.6 Å². The molecular weight excluding hydrogens is 269 g/mol. The predicted octanol–water partition coefficient (Wildman–Crippen LogP) is 1.61. The van der Waals surface area contributed by atoms with Gasteiger partial charge in [0.2, 0.25) is 0 Å². The zero-order chi connectivity index (χ0) is 13.5. The van der Waals surface area contributed by atoms with E-state index in [2.05, 4.69) is 9.55 Å². The Morgan fingerprint density at radius 1 is 1.21 bits per heavy atom. The summed E-state index contributed by atoms with van der Waals surface area (Å²) in [6.45, 7) is 1.52. The Kier molecular flexibility index (Phi) is 3.34. The van der Waals surface area contributed by atoms with Gasteiger partial charge in [-0.15, -0.1) is 0 Å². The fourth-order valence-electron chi connectivity index (χ4n) is 3.12. The minimum atomic E-state index is -4.53. The number of hydrogen-bond acceptors (Lipinski definition) is 3. The maximum atomic E-state index is 12.9. The molecule has 0 saturated carbocycles. The summed E-state index contributed by atoms with van der Waals surface area (Å²) in [6.07, 6.45) is 6.70. The Labute approximate surface area is 112 Å². The fourth-order valence-corrected chi connectivity index (χ4v) is 3.77. The van der Waals surface area contributed by atoms with Crippen molar-refractivity contribution in [2.75, 3.05) is 13.1 Å². The molecule has 0 unspecified atom stereocenters. The van der Waals surface area contributed by atoms with E-state index in [4.69, 9.17) is 0 Å². The highest BCUT2D eigenvalue weighted by Gasteiger charge is 2.30. The van der Waals surface area contributed by atoms with Gasteiger partial charge in [0.25, 0.3) is 0 Å². The first-order chi connectivity index (χ1) is 9.05. The number of aryl methyl sites for hydroxylation is 1. The number of halogens is 1. The lowest BCUT2D eigenvalue weighted by Gasteiger charge is -2.29. The molecule has 0 amide bonds. The molecule has 0 radical (unpaired) electrons. The molecule has 106 valence electrons. The molecule has 1 saturated heterocycles.